The fourth-order valence-corrected chi connectivity index (χ4v) is 2.94. The fraction of sp³-hybridized carbons (Fsp3) is 0.444. The number of carbonyl (C=O) groups excluding carboxylic acids is 2. The van der Waals surface area contributed by atoms with Crippen LogP contribution in [0.15, 0.2) is 35.9 Å². The van der Waals surface area contributed by atoms with Crippen molar-refractivity contribution in [3.05, 3.63) is 51.6 Å². The van der Waals surface area contributed by atoms with E-state index < -0.39 is 10.9 Å². The van der Waals surface area contributed by atoms with Crippen LogP contribution in [0.4, 0.5) is 5.69 Å². The number of hydrogen-bond acceptors (Lipinski definition) is 6. The number of carbonyl (C=O) groups is 2. The lowest BCUT2D eigenvalue weighted by atomic mass is 10.1. The van der Waals surface area contributed by atoms with Gasteiger partial charge in [0.1, 0.15) is 6.61 Å². The molecular weight excluding hydrogens is 326 g/mol. The third kappa shape index (κ3) is 4.04. The molecule has 0 N–H and O–H groups in total. The highest BCUT2D eigenvalue weighted by Crippen LogP contribution is 2.59. The summed E-state index contributed by atoms with van der Waals surface area (Å²) in [6, 6.07) is 5.97. The number of ether oxygens (including phenoxy) is 2. The number of esters is 2. The van der Waals surface area contributed by atoms with Crippen molar-refractivity contribution in [1.29, 1.82) is 0 Å². The Kier molecular flexibility index (Phi) is 5.25. The minimum atomic E-state index is -0.494. The Balaban J connectivity index is 2.00. The number of hydrogen-bond donors (Lipinski definition) is 0. The van der Waals surface area contributed by atoms with E-state index in [1.54, 1.807) is 25.1 Å². The molecule has 0 aromatic heterocycles. The standard InChI is InChI=1S/C18H21NO6/c1-11(16(20)24-4)8-14-15(18(14,2)3)17(21)25-10-12-6-5-7-13(9-12)19(22)23/h5-9,14-15H,10H2,1-4H3/b11-8+/t14-,15+/m1/s1. The number of nitro benzene ring substituents is 1. The van der Waals surface area contributed by atoms with Crippen LogP contribution in [0.1, 0.15) is 26.3 Å². The van der Waals surface area contributed by atoms with Crippen molar-refractivity contribution in [3.8, 4) is 0 Å². The third-order valence-corrected chi connectivity index (χ3v) is 4.60. The van der Waals surface area contributed by atoms with Crippen molar-refractivity contribution in [1.82, 2.24) is 0 Å². The molecule has 7 heteroatoms. The molecule has 1 aromatic rings. The van der Waals surface area contributed by atoms with Crippen LogP contribution in [0, 0.1) is 27.4 Å². The van der Waals surface area contributed by atoms with Gasteiger partial charge in [-0.25, -0.2) is 4.79 Å². The molecule has 1 aromatic carbocycles. The first-order valence-corrected chi connectivity index (χ1v) is 7.85. The van der Waals surface area contributed by atoms with Crippen molar-refractivity contribution >= 4 is 17.6 Å². The molecule has 0 bridgehead atoms. The summed E-state index contributed by atoms with van der Waals surface area (Å²) in [5.41, 5.74) is 0.651. The van der Waals surface area contributed by atoms with Gasteiger partial charge in [-0.05, 0) is 23.8 Å². The normalized spacial score (nSPS) is 21.4. The van der Waals surface area contributed by atoms with Crippen LogP contribution < -0.4 is 0 Å². The lowest BCUT2D eigenvalue weighted by Gasteiger charge is -2.05. The van der Waals surface area contributed by atoms with Gasteiger partial charge >= 0.3 is 11.9 Å². The number of non-ortho nitro benzene ring substituents is 1. The summed E-state index contributed by atoms with van der Waals surface area (Å²) < 4.78 is 9.98. The molecule has 134 valence electrons. The Hall–Kier alpha value is -2.70. The number of benzene rings is 1. The minimum Gasteiger partial charge on any atom is -0.466 e. The van der Waals surface area contributed by atoms with E-state index in [-0.39, 0.29) is 35.5 Å². The molecule has 25 heavy (non-hydrogen) atoms. The molecule has 0 heterocycles. The summed E-state index contributed by atoms with van der Waals surface area (Å²) in [5.74, 6) is -1.27. The van der Waals surface area contributed by atoms with Gasteiger partial charge in [-0.1, -0.05) is 32.1 Å². The van der Waals surface area contributed by atoms with Crippen LogP contribution in [0.25, 0.3) is 0 Å². The van der Waals surface area contributed by atoms with Crippen molar-refractivity contribution in [3.63, 3.8) is 0 Å². The van der Waals surface area contributed by atoms with Gasteiger partial charge in [0.05, 0.1) is 18.0 Å². The molecule has 1 aliphatic carbocycles. The maximum Gasteiger partial charge on any atom is 0.333 e. The van der Waals surface area contributed by atoms with Crippen LogP contribution >= 0.6 is 0 Å². The van der Waals surface area contributed by atoms with E-state index in [9.17, 15) is 19.7 Å². The number of rotatable bonds is 6. The Morgan fingerprint density at radius 3 is 2.64 bits per heavy atom. The fourth-order valence-electron chi connectivity index (χ4n) is 2.94. The largest absolute Gasteiger partial charge is 0.466 e. The van der Waals surface area contributed by atoms with Gasteiger partial charge in [0.25, 0.3) is 5.69 Å². The Morgan fingerprint density at radius 1 is 1.36 bits per heavy atom. The predicted octanol–water partition coefficient (Wildman–Crippen LogP) is 3.03. The quantitative estimate of drug-likeness (QED) is 0.340. The highest BCUT2D eigenvalue weighted by molar-refractivity contribution is 5.88. The summed E-state index contributed by atoms with van der Waals surface area (Å²) >= 11 is 0. The van der Waals surface area contributed by atoms with E-state index in [0.29, 0.717) is 11.1 Å². The molecule has 0 saturated heterocycles. The van der Waals surface area contributed by atoms with E-state index >= 15 is 0 Å². The monoisotopic (exact) mass is 347 g/mol. The topological polar surface area (TPSA) is 95.7 Å². The summed E-state index contributed by atoms with van der Waals surface area (Å²) in [4.78, 5) is 34.1. The van der Waals surface area contributed by atoms with Gasteiger partial charge in [-0.3, -0.25) is 14.9 Å². The molecule has 0 radical (unpaired) electrons. The number of nitrogens with zero attached hydrogens (tertiary/aromatic N) is 1. The van der Waals surface area contributed by atoms with E-state index in [1.807, 2.05) is 13.8 Å². The van der Waals surface area contributed by atoms with E-state index in [4.69, 9.17) is 4.74 Å². The summed E-state index contributed by atoms with van der Waals surface area (Å²) in [6.07, 6.45) is 1.74. The number of allylic oxidation sites excluding steroid dienone is 1. The van der Waals surface area contributed by atoms with E-state index in [0.717, 1.165) is 0 Å². The Bertz CT molecular complexity index is 737. The zero-order valence-electron chi connectivity index (χ0n) is 14.6. The second-order valence-electron chi connectivity index (χ2n) is 6.70. The van der Waals surface area contributed by atoms with E-state index in [2.05, 4.69) is 4.74 Å². The molecular formula is C18H21NO6. The average Bonchev–Trinajstić information content (AvgIpc) is 3.12. The van der Waals surface area contributed by atoms with Gasteiger partial charge in [0.2, 0.25) is 0 Å². The molecule has 7 nitrogen and oxygen atoms in total. The van der Waals surface area contributed by atoms with Crippen molar-refractivity contribution < 1.29 is 24.0 Å². The number of nitro groups is 1. The van der Waals surface area contributed by atoms with Crippen molar-refractivity contribution in [2.24, 2.45) is 17.3 Å². The average molecular weight is 347 g/mol. The molecule has 2 atom stereocenters. The molecule has 0 amide bonds. The number of methoxy groups -OCH3 is 1. The van der Waals surface area contributed by atoms with Crippen LogP contribution in [0.2, 0.25) is 0 Å². The Labute approximate surface area is 145 Å². The molecule has 1 saturated carbocycles. The highest BCUT2D eigenvalue weighted by Gasteiger charge is 2.61. The zero-order chi connectivity index (χ0) is 18.8. The van der Waals surface area contributed by atoms with Crippen LogP contribution in [-0.2, 0) is 25.7 Å². The summed E-state index contributed by atoms with van der Waals surface area (Å²) in [6.45, 7) is 5.47. The molecule has 0 unspecified atom stereocenters. The maximum atomic E-state index is 12.3. The first kappa shape index (κ1) is 18.6. The van der Waals surface area contributed by atoms with Crippen molar-refractivity contribution in [2.75, 3.05) is 7.11 Å². The molecule has 1 aliphatic rings. The third-order valence-electron chi connectivity index (χ3n) is 4.60. The minimum absolute atomic E-state index is 0.0283. The molecule has 0 aliphatic heterocycles. The van der Waals surface area contributed by atoms with E-state index in [1.165, 1.54) is 19.2 Å². The predicted molar refractivity (Wildman–Crippen MR) is 89.4 cm³/mol. The second kappa shape index (κ2) is 7.04. The SMILES string of the molecule is COC(=O)/C(C)=C/[C@@H]1[C@@H](C(=O)OCc2cccc([N+](=O)[O-])c2)C1(C)C. The zero-order valence-corrected chi connectivity index (χ0v) is 14.6. The highest BCUT2D eigenvalue weighted by atomic mass is 16.6. The molecule has 0 spiro atoms. The lowest BCUT2D eigenvalue weighted by Crippen LogP contribution is -2.10. The van der Waals surface area contributed by atoms with Crippen LogP contribution in [0.3, 0.4) is 0 Å². The Morgan fingerprint density at radius 2 is 2.04 bits per heavy atom. The molecule has 2 rings (SSSR count). The second-order valence-corrected chi connectivity index (χ2v) is 6.70. The smallest absolute Gasteiger partial charge is 0.333 e. The lowest BCUT2D eigenvalue weighted by molar-refractivity contribution is -0.384. The first-order chi connectivity index (χ1) is 11.7. The van der Waals surface area contributed by atoms with Crippen LogP contribution in [-0.4, -0.2) is 24.0 Å². The maximum absolute atomic E-state index is 12.3. The van der Waals surface area contributed by atoms with Gasteiger partial charge in [-0.15, -0.1) is 0 Å². The molecule has 1 fully saturated rings. The first-order valence-electron chi connectivity index (χ1n) is 7.85. The summed E-state index contributed by atoms with van der Waals surface area (Å²) in [5, 5.41) is 10.8. The van der Waals surface area contributed by atoms with Gasteiger partial charge < -0.3 is 9.47 Å². The summed E-state index contributed by atoms with van der Waals surface area (Å²) in [7, 11) is 1.31. The van der Waals surface area contributed by atoms with Crippen LogP contribution in [0.5, 0.6) is 0 Å². The van der Waals surface area contributed by atoms with Gasteiger partial charge in [0, 0.05) is 17.7 Å². The van der Waals surface area contributed by atoms with Gasteiger partial charge in [-0.2, -0.15) is 0 Å². The van der Waals surface area contributed by atoms with Crippen molar-refractivity contribution in [2.45, 2.75) is 27.4 Å². The van der Waals surface area contributed by atoms with Gasteiger partial charge in [0.15, 0.2) is 0 Å².